The summed E-state index contributed by atoms with van der Waals surface area (Å²) in [5, 5.41) is 12.2. The van der Waals surface area contributed by atoms with Crippen LogP contribution in [0.15, 0.2) is 17.5 Å². The lowest BCUT2D eigenvalue weighted by atomic mass is 9.80. The summed E-state index contributed by atoms with van der Waals surface area (Å²) < 4.78 is 0. The summed E-state index contributed by atoms with van der Waals surface area (Å²) in [6.07, 6.45) is 3.26. The van der Waals surface area contributed by atoms with Crippen molar-refractivity contribution >= 4 is 11.3 Å². The molecule has 17 heavy (non-hydrogen) atoms. The lowest BCUT2D eigenvalue weighted by molar-refractivity contribution is 0.0339. The number of thiophene rings is 1. The Balaban J connectivity index is 1.82. The average molecular weight is 253 g/mol. The van der Waals surface area contributed by atoms with Gasteiger partial charge in [-0.05, 0) is 49.6 Å². The van der Waals surface area contributed by atoms with Gasteiger partial charge in [0, 0.05) is 18.0 Å². The van der Waals surface area contributed by atoms with Crippen LogP contribution in [0.3, 0.4) is 0 Å². The zero-order valence-electron chi connectivity index (χ0n) is 10.8. The van der Waals surface area contributed by atoms with E-state index < -0.39 is 0 Å². The minimum Gasteiger partial charge on any atom is -0.393 e. The first kappa shape index (κ1) is 13.1. The van der Waals surface area contributed by atoms with Crippen molar-refractivity contribution in [3.05, 3.63) is 22.4 Å². The van der Waals surface area contributed by atoms with E-state index >= 15 is 0 Å². The summed E-state index contributed by atoms with van der Waals surface area (Å²) in [6.45, 7) is 4.33. The molecule has 0 aliphatic heterocycles. The van der Waals surface area contributed by atoms with Crippen molar-refractivity contribution in [3.8, 4) is 0 Å². The zero-order valence-corrected chi connectivity index (χ0v) is 11.6. The summed E-state index contributed by atoms with van der Waals surface area (Å²) in [5.41, 5.74) is 0. The third kappa shape index (κ3) is 3.80. The first-order chi connectivity index (χ1) is 8.15. The molecule has 0 spiro atoms. The number of hydrogen-bond acceptors (Lipinski definition) is 3. The molecule has 3 unspecified atom stereocenters. The van der Waals surface area contributed by atoms with E-state index in [1.54, 1.807) is 0 Å². The van der Waals surface area contributed by atoms with Crippen molar-refractivity contribution < 1.29 is 5.11 Å². The Hall–Kier alpha value is -0.380. The predicted octanol–water partition coefficient (Wildman–Crippen LogP) is 2.98. The van der Waals surface area contributed by atoms with Gasteiger partial charge in [0.05, 0.1) is 6.10 Å². The third-order valence-corrected chi connectivity index (χ3v) is 4.62. The molecule has 2 rings (SSSR count). The molecule has 0 bridgehead atoms. The van der Waals surface area contributed by atoms with Gasteiger partial charge < -0.3 is 10.0 Å². The zero-order chi connectivity index (χ0) is 12.3. The van der Waals surface area contributed by atoms with Crippen molar-refractivity contribution in [2.75, 3.05) is 13.6 Å². The van der Waals surface area contributed by atoms with Gasteiger partial charge in [0.2, 0.25) is 0 Å². The molecule has 1 fully saturated rings. The standard InChI is InChI=1S/C14H23NOS/c1-11-5-6-14(16)12(8-11)9-15(2)10-13-4-3-7-17-13/h3-4,7,11-12,14,16H,5-6,8-10H2,1-2H3. The first-order valence-corrected chi connectivity index (χ1v) is 7.42. The predicted molar refractivity (Wildman–Crippen MR) is 73.2 cm³/mol. The first-order valence-electron chi connectivity index (χ1n) is 6.54. The monoisotopic (exact) mass is 253 g/mol. The van der Waals surface area contributed by atoms with Gasteiger partial charge in [-0.3, -0.25) is 0 Å². The summed E-state index contributed by atoms with van der Waals surface area (Å²) in [7, 11) is 2.16. The fourth-order valence-corrected chi connectivity index (χ4v) is 3.60. The quantitative estimate of drug-likeness (QED) is 0.891. The molecule has 96 valence electrons. The van der Waals surface area contributed by atoms with Crippen LogP contribution in [0.2, 0.25) is 0 Å². The van der Waals surface area contributed by atoms with Crippen LogP contribution >= 0.6 is 11.3 Å². The molecule has 0 radical (unpaired) electrons. The van der Waals surface area contributed by atoms with Crippen LogP contribution in [0.4, 0.5) is 0 Å². The van der Waals surface area contributed by atoms with E-state index in [2.05, 4.69) is 36.4 Å². The van der Waals surface area contributed by atoms with E-state index in [1.165, 1.54) is 17.7 Å². The largest absolute Gasteiger partial charge is 0.393 e. The second kappa shape index (κ2) is 5.98. The molecule has 3 atom stereocenters. The lowest BCUT2D eigenvalue weighted by Gasteiger charge is -2.34. The van der Waals surface area contributed by atoms with Crippen LogP contribution < -0.4 is 0 Å². The van der Waals surface area contributed by atoms with Crippen LogP contribution in [0.25, 0.3) is 0 Å². The van der Waals surface area contributed by atoms with Crippen LogP contribution in [0, 0.1) is 11.8 Å². The maximum Gasteiger partial charge on any atom is 0.0580 e. The van der Waals surface area contributed by atoms with E-state index in [9.17, 15) is 5.11 Å². The van der Waals surface area contributed by atoms with E-state index in [0.717, 1.165) is 25.4 Å². The Morgan fingerprint density at radius 1 is 1.47 bits per heavy atom. The maximum atomic E-state index is 10.0. The highest BCUT2D eigenvalue weighted by Crippen LogP contribution is 2.29. The van der Waals surface area contributed by atoms with Gasteiger partial charge >= 0.3 is 0 Å². The summed E-state index contributed by atoms with van der Waals surface area (Å²) in [5.74, 6) is 1.24. The van der Waals surface area contributed by atoms with Crippen molar-refractivity contribution in [2.24, 2.45) is 11.8 Å². The summed E-state index contributed by atoms with van der Waals surface area (Å²) in [6, 6.07) is 4.28. The topological polar surface area (TPSA) is 23.5 Å². The normalized spacial score (nSPS) is 29.8. The molecule has 2 nitrogen and oxygen atoms in total. The van der Waals surface area contributed by atoms with Crippen LogP contribution in [-0.2, 0) is 6.54 Å². The summed E-state index contributed by atoms with van der Waals surface area (Å²) in [4.78, 5) is 3.75. The minimum atomic E-state index is -0.0861. The average Bonchev–Trinajstić information content (AvgIpc) is 2.76. The Labute approximate surface area is 108 Å². The number of aliphatic hydroxyl groups excluding tert-OH is 1. The Kier molecular flexibility index (Phi) is 4.60. The van der Waals surface area contributed by atoms with Gasteiger partial charge in [-0.25, -0.2) is 0 Å². The molecule has 1 saturated carbocycles. The van der Waals surface area contributed by atoms with Crippen molar-refractivity contribution in [3.63, 3.8) is 0 Å². The summed E-state index contributed by atoms with van der Waals surface area (Å²) >= 11 is 1.81. The minimum absolute atomic E-state index is 0.0861. The van der Waals surface area contributed by atoms with E-state index in [1.807, 2.05) is 11.3 Å². The van der Waals surface area contributed by atoms with E-state index in [-0.39, 0.29) is 6.10 Å². The molecule has 1 aromatic rings. The van der Waals surface area contributed by atoms with Gasteiger partial charge in [0.25, 0.3) is 0 Å². The third-order valence-electron chi connectivity index (χ3n) is 3.76. The van der Waals surface area contributed by atoms with Crippen LogP contribution in [0.5, 0.6) is 0 Å². The second-order valence-corrected chi connectivity index (χ2v) is 6.55. The maximum absolute atomic E-state index is 10.0. The van der Waals surface area contributed by atoms with E-state index in [0.29, 0.717) is 5.92 Å². The second-order valence-electron chi connectivity index (χ2n) is 5.52. The SMILES string of the molecule is CC1CCC(O)C(CN(C)Cc2cccs2)C1. The van der Waals surface area contributed by atoms with Crippen LogP contribution in [0.1, 0.15) is 31.1 Å². The molecule has 0 saturated heterocycles. The molecule has 1 aliphatic rings. The molecule has 1 aliphatic carbocycles. The van der Waals surface area contributed by atoms with Gasteiger partial charge in [0.1, 0.15) is 0 Å². The Bertz CT molecular complexity index is 325. The Morgan fingerprint density at radius 3 is 3.00 bits per heavy atom. The highest BCUT2D eigenvalue weighted by Gasteiger charge is 2.27. The number of nitrogens with zero attached hydrogens (tertiary/aromatic N) is 1. The van der Waals surface area contributed by atoms with Gasteiger partial charge in [-0.2, -0.15) is 0 Å². The number of hydrogen-bond donors (Lipinski definition) is 1. The molecular formula is C14H23NOS. The number of aliphatic hydroxyl groups is 1. The highest BCUT2D eigenvalue weighted by atomic mass is 32.1. The molecule has 1 aromatic heterocycles. The van der Waals surface area contributed by atoms with Crippen molar-refractivity contribution in [1.29, 1.82) is 0 Å². The van der Waals surface area contributed by atoms with Gasteiger partial charge in [-0.1, -0.05) is 13.0 Å². The molecule has 1 N–H and O–H groups in total. The highest BCUT2D eigenvalue weighted by molar-refractivity contribution is 7.09. The fourth-order valence-electron chi connectivity index (χ4n) is 2.81. The molecular weight excluding hydrogens is 230 g/mol. The molecule has 0 aromatic carbocycles. The lowest BCUT2D eigenvalue weighted by Crippen LogP contribution is -2.36. The molecule has 0 amide bonds. The molecule has 1 heterocycles. The number of rotatable bonds is 4. The fraction of sp³-hybridized carbons (Fsp3) is 0.714. The van der Waals surface area contributed by atoms with Crippen molar-refractivity contribution in [2.45, 2.75) is 38.8 Å². The van der Waals surface area contributed by atoms with Crippen molar-refractivity contribution in [1.82, 2.24) is 4.90 Å². The Morgan fingerprint density at radius 2 is 2.29 bits per heavy atom. The van der Waals surface area contributed by atoms with E-state index in [4.69, 9.17) is 0 Å². The smallest absolute Gasteiger partial charge is 0.0580 e. The molecule has 3 heteroatoms. The van der Waals surface area contributed by atoms with Crippen LogP contribution in [-0.4, -0.2) is 29.7 Å². The van der Waals surface area contributed by atoms with Gasteiger partial charge in [0.15, 0.2) is 0 Å². The van der Waals surface area contributed by atoms with Gasteiger partial charge in [-0.15, -0.1) is 11.3 Å².